The number of carbonyl (C=O) groups excluding carboxylic acids is 3. The zero-order valence-electron chi connectivity index (χ0n) is 26.4. The zero-order valence-corrected chi connectivity index (χ0v) is 27.2. The van der Waals surface area contributed by atoms with Gasteiger partial charge >= 0.3 is 0 Å². The lowest BCUT2D eigenvalue weighted by molar-refractivity contribution is -0.141. The van der Waals surface area contributed by atoms with Gasteiger partial charge < -0.3 is 25.2 Å². The van der Waals surface area contributed by atoms with E-state index in [-0.39, 0.29) is 23.8 Å². The number of hydrogen-bond donors (Lipinski definition) is 2. The van der Waals surface area contributed by atoms with E-state index in [2.05, 4.69) is 45.9 Å². The molecule has 1 saturated carbocycles. The molecule has 0 unspecified atom stereocenters. The Balaban J connectivity index is 1.04. The van der Waals surface area contributed by atoms with Crippen molar-refractivity contribution in [3.8, 4) is 0 Å². The van der Waals surface area contributed by atoms with Crippen molar-refractivity contribution in [3.63, 3.8) is 0 Å². The van der Waals surface area contributed by atoms with E-state index in [1.807, 2.05) is 12.2 Å². The minimum atomic E-state index is -1.15. The van der Waals surface area contributed by atoms with Gasteiger partial charge in [-0.25, -0.2) is 0 Å². The average molecular weight is 645 g/mol. The molecule has 2 aromatic carbocycles. The Hall–Kier alpha value is -3.20. The second-order valence-corrected chi connectivity index (χ2v) is 14.3. The molecule has 244 valence electrons. The second-order valence-electron chi connectivity index (χ2n) is 13.9. The van der Waals surface area contributed by atoms with Gasteiger partial charge in [0.15, 0.2) is 0 Å². The summed E-state index contributed by atoms with van der Waals surface area (Å²) in [5.41, 5.74) is 0.827. The Morgan fingerprint density at radius 1 is 0.935 bits per heavy atom. The summed E-state index contributed by atoms with van der Waals surface area (Å²) in [4.78, 5) is 46.4. The van der Waals surface area contributed by atoms with Crippen molar-refractivity contribution < 1.29 is 19.1 Å². The van der Waals surface area contributed by atoms with Crippen molar-refractivity contribution in [2.45, 2.75) is 81.6 Å². The van der Waals surface area contributed by atoms with Gasteiger partial charge in [-0.15, -0.1) is 0 Å². The first-order chi connectivity index (χ1) is 22.4. The number of nitrogens with one attached hydrogen (secondary N) is 2. The van der Waals surface area contributed by atoms with Crippen LogP contribution < -0.4 is 10.6 Å². The van der Waals surface area contributed by atoms with Gasteiger partial charge in [-0.05, 0) is 87.8 Å². The summed E-state index contributed by atoms with van der Waals surface area (Å²) in [6.45, 7) is 3.41. The number of piperidine rings is 1. The van der Waals surface area contributed by atoms with E-state index in [9.17, 15) is 14.4 Å². The van der Waals surface area contributed by atoms with Gasteiger partial charge in [0.1, 0.15) is 11.6 Å². The Bertz CT molecular complexity index is 1450. The molecular weight excluding hydrogens is 600 g/mol. The number of ether oxygens (including phenoxy) is 1. The van der Waals surface area contributed by atoms with E-state index in [1.165, 1.54) is 24.8 Å². The molecule has 2 aromatic rings. The van der Waals surface area contributed by atoms with Crippen LogP contribution in [0.2, 0.25) is 5.02 Å². The van der Waals surface area contributed by atoms with Crippen LogP contribution in [0.4, 0.5) is 5.69 Å². The first-order valence-corrected chi connectivity index (χ1v) is 17.6. The second kappa shape index (κ2) is 13.5. The number of likely N-dealkylation sites (tertiary alicyclic amines) is 2. The first-order valence-electron chi connectivity index (χ1n) is 17.2. The molecule has 5 aliphatic rings. The monoisotopic (exact) mass is 644 g/mol. The molecule has 3 saturated heterocycles. The van der Waals surface area contributed by atoms with Crippen LogP contribution in [0.15, 0.2) is 66.7 Å². The Kier molecular flexibility index (Phi) is 9.21. The Morgan fingerprint density at radius 3 is 2.48 bits per heavy atom. The molecule has 7 rings (SSSR count). The van der Waals surface area contributed by atoms with Gasteiger partial charge in [-0.3, -0.25) is 14.4 Å². The third kappa shape index (κ3) is 6.24. The summed E-state index contributed by atoms with van der Waals surface area (Å²) >= 11 is 6.16. The van der Waals surface area contributed by atoms with E-state index in [0.29, 0.717) is 23.2 Å². The third-order valence-corrected chi connectivity index (χ3v) is 11.2. The fourth-order valence-electron chi connectivity index (χ4n) is 8.65. The zero-order chi connectivity index (χ0) is 31.7. The Morgan fingerprint density at radius 2 is 1.72 bits per heavy atom. The van der Waals surface area contributed by atoms with Gasteiger partial charge in [0.05, 0.1) is 17.9 Å². The standard InChI is InChI=1S/C37H45ClN4O4/c38-27-11-7-14-29(24-27)40-34(43)31-30-15-18-37(46-30)32(31)36(45)42(33(37)35(44)39-28-12-5-2-6-13-28)20-8-19-41-21-16-26(17-22-41)23-25-9-3-1-4-10-25/h1,3-4,7,9-11,14-15,18,24,26,28,30-33H,2,5-6,8,12-13,16-17,19-23H2,(H,39,44)(H,40,43)/t30-,31-,32-,33-,37-/m1/s1. The molecule has 0 radical (unpaired) electrons. The topological polar surface area (TPSA) is 91.0 Å². The highest BCUT2D eigenvalue weighted by Crippen LogP contribution is 2.55. The number of nitrogens with zero attached hydrogens (tertiary/aromatic N) is 2. The van der Waals surface area contributed by atoms with Crippen molar-refractivity contribution in [2.24, 2.45) is 17.8 Å². The van der Waals surface area contributed by atoms with E-state index in [4.69, 9.17) is 16.3 Å². The van der Waals surface area contributed by atoms with Gasteiger partial charge in [0.25, 0.3) is 0 Å². The van der Waals surface area contributed by atoms with Crippen LogP contribution in [0.1, 0.15) is 56.9 Å². The minimum Gasteiger partial charge on any atom is -0.359 e. The predicted octanol–water partition coefficient (Wildman–Crippen LogP) is 5.22. The smallest absolute Gasteiger partial charge is 0.246 e. The number of rotatable bonds is 10. The number of benzene rings is 2. The molecule has 9 heteroatoms. The predicted molar refractivity (Wildman–Crippen MR) is 178 cm³/mol. The number of carbonyl (C=O) groups is 3. The van der Waals surface area contributed by atoms with Crippen LogP contribution in [0.25, 0.3) is 0 Å². The van der Waals surface area contributed by atoms with Gasteiger partial charge in [-0.1, -0.05) is 79.4 Å². The molecular formula is C37H45ClN4O4. The summed E-state index contributed by atoms with van der Waals surface area (Å²) in [5, 5.41) is 6.75. The molecule has 46 heavy (non-hydrogen) atoms. The molecule has 1 aliphatic carbocycles. The van der Waals surface area contributed by atoms with E-state index >= 15 is 0 Å². The number of fused-ring (bicyclic) bond motifs is 1. The molecule has 3 amide bonds. The summed E-state index contributed by atoms with van der Waals surface area (Å²) in [7, 11) is 0. The number of halogens is 1. The van der Waals surface area contributed by atoms with Gasteiger partial charge in [0, 0.05) is 23.3 Å². The van der Waals surface area contributed by atoms with Crippen molar-refractivity contribution in [3.05, 3.63) is 77.3 Å². The average Bonchev–Trinajstić information content (AvgIpc) is 3.70. The molecule has 2 N–H and O–H groups in total. The summed E-state index contributed by atoms with van der Waals surface area (Å²) in [6, 6.07) is 17.0. The minimum absolute atomic E-state index is 0.107. The molecule has 4 aliphatic heterocycles. The van der Waals surface area contributed by atoms with Crippen molar-refractivity contribution in [1.29, 1.82) is 0 Å². The highest BCUT2D eigenvalue weighted by molar-refractivity contribution is 6.30. The van der Waals surface area contributed by atoms with Gasteiger partial charge in [-0.2, -0.15) is 0 Å². The lowest BCUT2D eigenvalue weighted by atomic mass is 9.74. The number of anilines is 1. The molecule has 1 spiro atoms. The molecule has 8 nitrogen and oxygen atoms in total. The number of amides is 3. The van der Waals surface area contributed by atoms with E-state index in [0.717, 1.165) is 58.2 Å². The number of hydrogen-bond acceptors (Lipinski definition) is 5. The molecule has 2 bridgehead atoms. The van der Waals surface area contributed by atoms with E-state index < -0.39 is 29.6 Å². The van der Waals surface area contributed by atoms with Crippen molar-refractivity contribution in [1.82, 2.24) is 15.1 Å². The van der Waals surface area contributed by atoms with E-state index in [1.54, 1.807) is 29.2 Å². The van der Waals surface area contributed by atoms with Crippen LogP contribution in [0.5, 0.6) is 0 Å². The van der Waals surface area contributed by atoms with Crippen molar-refractivity contribution >= 4 is 35.0 Å². The SMILES string of the molecule is O=C(Nc1cccc(Cl)c1)[C@@H]1[C@H]2C=C[C@@]3(O2)[C@H]1C(=O)N(CCCN1CCC(Cc2ccccc2)CC1)[C@@H]3C(=O)NC1CCCCC1. The van der Waals surface area contributed by atoms with Crippen LogP contribution >= 0.6 is 11.6 Å². The first kappa shape index (κ1) is 31.4. The molecule has 0 aromatic heterocycles. The lowest BCUT2D eigenvalue weighted by Crippen LogP contribution is -2.56. The van der Waals surface area contributed by atoms with Crippen LogP contribution in [-0.4, -0.2) is 77.5 Å². The maximum Gasteiger partial charge on any atom is 0.246 e. The fourth-order valence-corrected chi connectivity index (χ4v) is 8.84. The third-order valence-electron chi connectivity index (χ3n) is 10.9. The Labute approximate surface area is 276 Å². The molecule has 4 heterocycles. The summed E-state index contributed by atoms with van der Waals surface area (Å²) < 4.78 is 6.53. The largest absolute Gasteiger partial charge is 0.359 e. The fraction of sp³-hybridized carbons (Fsp3) is 0.541. The van der Waals surface area contributed by atoms with Crippen LogP contribution in [0.3, 0.4) is 0 Å². The van der Waals surface area contributed by atoms with Gasteiger partial charge in [0.2, 0.25) is 17.7 Å². The van der Waals surface area contributed by atoms with Crippen molar-refractivity contribution in [2.75, 3.05) is 31.5 Å². The summed E-state index contributed by atoms with van der Waals surface area (Å²) in [6.07, 6.45) is 12.7. The quantitative estimate of drug-likeness (QED) is 0.346. The van der Waals surface area contributed by atoms with Crippen LogP contribution in [-0.2, 0) is 25.5 Å². The maximum atomic E-state index is 14.3. The molecule has 4 fully saturated rings. The molecule has 5 atom stereocenters. The summed E-state index contributed by atoms with van der Waals surface area (Å²) in [5.74, 6) is -1.40. The highest BCUT2D eigenvalue weighted by atomic mass is 35.5. The normalized spacial score (nSPS) is 29.7. The van der Waals surface area contributed by atoms with Crippen LogP contribution in [0, 0.1) is 17.8 Å². The lowest BCUT2D eigenvalue weighted by Gasteiger charge is -2.35. The maximum absolute atomic E-state index is 14.3. The highest BCUT2D eigenvalue weighted by Gasteiger charge is 2.72.